The lowest BCUT2D eigenvalue weighted by Crippen LogP contribution is -2.17. The van der Waals surface area contributed by atoms with Crippen molar-refractivity contribution in [2.24, 2.45) is 0 Å². The van der Waals surface area contributed by atoms with E-state index in [0.29, 0.717) is 17.9 Å². The molecule has 2 heterocycles. The van der Waals surface area contributed by atoms with E-state index in [2.05, 4.69) is 17.0 Å². The minimum atomic E-state index is -3.32. The van der Waals surface area contributed by atoms with Gasteiger partial charge in [-0.05, 0) is 25.0 Å². The van der Waals surface area contributed by atoms with Crippen molar-refractivity contribution >= 4 is 9.84 Å². The highest BCUT2D eigenvalue weighted by Gasteiger charge is 2.24. The van der Waals surface area contributed by atoms with Gasteiger partial charge in [0.05, 0.1) is 23.3 Å². The number of aryl methyl sites for hydroxylation is 2. The van der Waals surface area contributed by atoms with Crippen molar-refractivity contribution in [3.63, 3.8) is 0 Å². The lowest BCUT2D eigenvalue weighted by atomic mass is 10.2. The molecule has 0 saturated carbocycles. The molecule has 1 aliphatic heterocycles. The molecule has 0 N–H and O–H groups in total. The van der Waals surface area contributed by atoms with E-state index in [0.717, 1.165) is 50.4 Å². The molecule has 1 saturated heterocycles. The lowest BCUT2D eigenvalue weighted by Gasteiger charge is -2.11. The van der Waals surface area contributed by atoms with Crippen molar-refractivity contribution in [1.29, 1.82) is 0 Å². The molecule has 2 aromatic rings. The van der Waals surface area contributed by atoms with E-state index in [1.54, 1.807) is 24.3 Å². The van der Waals surface area contributed by atoms with Crippen LogP contribution in [0.15, 0.2) is 35.2 Å². The van der Waals surface area contributed by atoms with Gasteiger partial charge in [-0.3, -0.25) is 0 Å². The van der Waals surface area contributed by atoms with Crippen LogP contribution in [0.3, 0.4) is 0 Å². The summed E-state index contributed by atoms with van der Waals surface area (Å²) in [6, 6.07) is 8.76. The monoisotopic (exact) mass is 377 g/mol. The molecule has 0 bridgehead atoms. The van der Waals surface area contributed by atoms with Crippen LogP contribution in [0.1, 0.15) is 50.3 Å². The van der Waals surface area contributed by atoms with E-state index >= 15 is 0 Å². The number of nitrogens with zero attached hydrogens (tertiary/aromatic N) is 3. The van der Waals surface area contributed by atoms with Crippen LogP contribution < -0.4 is 0 Å². The first kappa shape index (κ1) is 19.0. The predicted octanol–water partition coefficient (Wildman–Crippen LogP) is 2.99. The maximum Gasteiger partial charge on any atom is 0.178 e. The summed E-state index contributed by atoms with van der Waals surface area (Å²) in [6.45, 7) is 3.51. The summed E-state index contributed by atoms with van der Waals surface area (Å²) in [5.74, 6) is 1.61. The van der Waals surface area contributed by atoms with Gasteiger partial charge in [-0.2, -0.15) is 5.10 Å². The third-order valence-corrected chi connectivity index (χ3v) is 6.43. The molecule has 0 radical (unpaired) electrons. The third kappa shape index (κ3) is 4.71. The predicted molar refractivity (Wildman–Crippen MR) is 99.9 cm³/mol. The Morgan fingerprint density at radius 1 is 1.19 bits per heavy atom. The SMILES string of the molecule is CCCCCc1nc(CCS(=O)(=O)c2ccccc2)n(C2CCOC2)n1. The number of aromatic nitrogens is 3. The first-order valence-electron chi connectivity index (χ1n) is 9.40. The van der Waals surface area contributed by atoms with E-state index in [1.165, 1.54) is 0 Å². The second-order valence-electron chi connectivity index (χ2n) is 6.75. The summed E-state index contributed by atoms with van der Waals surface area (Å²) < 4.78 is 32.5. The maximum absolute atomic E-state index is 12.6. The van der Waals surface area contributed by atoms with Crippen LogP contribution in [-0.2, 0) is 27.4 Å². The Bertz CT molecular complexity index is 797. The van der Waals surface area contributed by atoms with Gasteiger partial charge >= 0.3 is 0 Å². The van der Waals surface area contributed by atoms with E-state index in [-0.39, 0.29) is 11.8 Å². The van der Waals surface area contributed by atoms with E-state index in [1.807, 2.05) is 10.7 Å². The second-order valence-corrected chi connectivity index (χ2v) is 8.85. The number of hydrogen-bond donors (Lipinski definition) is 0. The average molecular weight is 378 g/mol. The van der Waals surface area contributed by atoms with Crippen LogP contribution in [0.25, 0.3) is 0 Å². The fourth-order valence-electron chi connectivity index (χ4n) is 3.19. The van der Waals surface area contributed by atoms with Gasteiger partial charge in [0.15, 0.2) is 15.7 Å². The Kier molecular flexibility index (Phi) is 6.43. The number of hydrogen-bond acceptors (Lipinski definition) is 5. The highest BCUT2D eigenvalue weighted by molar-refractivity contribution is 7.91. The molecule has 0 aliphatic carbocycles. The molecule has 142 valence electrons. The molecule has 3 rings (SSSR count). The molecule has 26 heavy (non-hydrogen) atoms. The molecule has 6 nitrogen and oxygen atoms in total. The van der Waals surface area contributed by atoms with Gasteiger partial charge < -0.3 is 4.74 Å². The van der Waals surface area contributed by atoms with Gasteiger partial charge in [0.1, 0.15) is 5.82 Å². The molecule has 1 aliphatic rings. The summed E-state index contributed by atoms with van der Waals surface area (Å²) >= 11 is 0. The zero-order valence-corrected chi connectivity index (χ0v) is 16.1. The zero-order valence-electron chi connectivity index (χ0n) is 15.3. The Morgan fingerprint density at radius 2 is 2.00 bits per heavy atom. The number of benzene rings is 1. The van der Waals surface area contributed by atoms with Crippen molar-refractivity contribution in [1.82, 2.24) is 14.8 Å². The van der Waals surface area contributed by atoms with Crippen LogP contribution in [0.2, 0.25) is 0 Å². The van der Waals surface area contributed by atoms with Crippen molar-refractivity contribution in [3.05, 3.63) is 42.0 Å². The Morgan fingerprint density at radius 3 is 2.69 bits per heavy atom. The summed E-state index contributed by atoms with van der Waals surface area (Å²) in [6.07, 6.45) is 5.47. The number of sulfone groups is 1. The number of unbranched alkanes of at least 4 members (excludes halogenated alkanes) is 2. The zero-order chi connectivity index (χ0) is 18.4. The molecule has 0 spiro atoms. The Balaban J connectivity index is 1.74. The molecule has 1 unspecified atom stereocenters. The molecule has 1 atom stereocenters. The van der Waals surface area contributed by atoms with Gasteiger partial charge in [-0.1, -0.05) is 38.0 Å². The van der Waals surface area contributed by atoms with Crippen LogP contribution in [-0.4, -0.2) is 42.1 Å². The standard InChI is InChI=1S/C19H27N3O3S/c1-2-3-5-10-18-20-19(22(21-18)16-11-13-25-15-16)12-14-26(23,24)17-8-6-4-7-9-17/h4,6-9,16H,2-3,5,10-15H2,1H3. The van der Waals surface area contributed by atoms with Crippen LogP contribution in [0.4, 0.5) is 0 Å². The minimum absolute atomic E-state index is 0.0394. The van der Waals surface area contributed by atoms with Gasteiger partial charge in [-0.15, -0.1) is 0 Å². The molecule has 1 aromatic heterocycles. The molecular formula is C19H27N3O3S. The smallest absolute Gasteiger partial charge is 0.178 e. The highest BCUT2D eigenvalue weighted by atomic mass is 32.2. The van der Waals surface area contributed by atoms with Gasteiger partial charge in [0.25, 0.3) is 0 Å². The quantitative estimate of drug-likeness (QED) is 0.628. The van der Waals surface area contributed by atoms with Crippen molar-refractivity contribution < 1.29 is 13.2 Å². The van der Waals surface area contributed by atoms with E-state index < -0.39 is 9.84 Å². The fourth-order valence-corrected chi connectivity index (χ4v) is 4.45. The topological polar surface area (TPSA) is 74.1 Å². The fraction of sp³-hybridized carbons (Fsp3) is 0.579. The number of rotatable bonds is 9. The molecule has 7 heteroatoms. The van der Waals surface area contributed by atoms with E-state index in [9.17, 15) is 8.42 Å². The minimum Gasteiger partial charge on any atom is -0.379 e. The number of ether oxygens (including phenoxy) is 1. The summed E-state index contributed by atoms with van der Waals surface area (Å²) in [5.41, 5.74) is 0. The second kappa shape index (κ2) is 8.77. The molecular weight excluding hydrogens is 350 g/mol. The summed E-state index contributed by atoms with van der Waals surface area (Å²) in [5, 5.41) is 4.67. The van der Waals surface area contributed by atoms with Crippen LogP contribution >= 0.6 is 0 Å². The lowest BCUT2D eigenvalue weighted by molar-refractivity contribution is 0.184. The summed E-state index contributed by atoms with van der Waals surface area (Å²) in [7, 11) is -3.32. The highest BCUT2D eigenvalue weighted by Crippen LogP contribution is 2.21. The molecule has 0 amide bonds. The Labute approximate surface area is 155 Å². The largest absolute Gasteiger partial charge is 0.379 e. The van der Waals surface area contributed by atoms with Crippen LogP contribution in [0.5, 0.6) is 0 Å². The van der Waals surface area contributed by atoms with Gasteiger partial charge in [0.2, 0.25) is 0 Å². The maximum atomic E-state index is 12.6. The molecule has 1 fully saturated rings. The van der Waals surface area contributed by atoms with Gasteiger partial charge in [0, 0.05) is 19.4 Å². The normalized spacial score (nSPS) is 17.7. The summed E-state index contributed by atoms with van der Waals surface area (Å²) in [4.78, 5) is 5.01. The van der Waals surface area contributed by atoms with E-state index in [4.69, 9.17) is 4.74 Å². The van der Waals surface area contributed by atoms with Crippen LogP contribution in [0, 0.1) is 0 Å². The van der Waals surface area contributed by atoms with Gasteiger partial charge in [-0.25, -0.2) is 18.1 Å². The van der Waals surface area contributed by atoms with Crippen molar-refractivity contribution in [2.45, 2.75) is 56.4 Å². The third-order valence-electron chi connectivity index (χ3n) is 4.70. The van der Waals surface area contributed by atoms with Crippen molar-refractivity contribution in [2.75, 3.05) is 19.0 Å². The Hall–Kier alpha value is -1.73. The molecule has 1 aromatic carbocycles. The average Bonchev–Trinajstić information content (AvgIpc) is 3.31. The first-order chi connectivity index (χ1) is 12.6. The van der Waals surface area contributed by atoms with Crippen molar-refractivity contribution in [3.8, 4) is 0 Å². The first-order valence-corrected chi connectivity index (χ1v) is 11.0.